The minimum absolute atomic E-state index is 0.0257. The Kier molecular flexibility index (Phi) is 7.21. The molecule has 8 heteroatoms. The van der Waals surface area contributed by atoms with Gasteiger partial charge >= 0.3 is 6.18 Å². The van der Waals surface area contributed by atoms with E-state index in [2.05, 4.69) is 0 Å². The highest BCUT2D eigenvalue weighted by Gasteiger charge is 2.27. The zero-order valence-corrected chi connectivity index (χ0v) is 12.2. The molecule has 0 heterocycles. The summed E-state index contributed by atoms with van der Waals surface area (Å²) in [6.45, 7) is -0.932. The molecule has 21 heavy (non-hydrogen) atoms. The fraction of sp³-hybridized carbons (Fsp3) is 0.462. The molecule has 1 N–H and O–H groups in total. The molecule has 0 aliphatic rings. The quantitative estimate of drug-likeness (QED) is 0.747. The molecule has 1 amide bonds. The molecule has 1 aromatic rings. The molecule has 0 fully saturated rings. The van der Waals surface area contributed by atoms with Crippen molar-refractivity contribution in [3.63, 3.8) is 0 Å². The lowest BCUT2D eigenvalue weighted by Crippen LogP contribution is -2.34. The Morgan fingerprint density at radius 1 is 1.24 bits per heavy atom. The Balaban J connectivity index is 2.09. The first-order valence-corrected chi connectivity index (χ1v) is 7.24. The van der Waals surface area contributed by atoms with Gasteiger partial charge in [0.15, 0.2) is 0 Å². The van der Waals surface area contributed by atoms with Crippen LogP contribution in [0.4, 0.5) is 13.2 Å². The van der Waals surface area contributed by atoms with Crippen molar-refractivity contribution in [3.05, 3.63) is 24.3 Å². The molecule has 0 aromatic heterocycles. The van der Waals surface area contributed by atoms with Gasteiger partial charge in [0.1, 0.15) is 18.0 Å². The van der Waals surface area contributed by atoms with Crippen LogP contribution >= 0.6 is 11.8 Å². The number of methoxy groups -OCH3 is 1. The molecule has 0 aliphatic heterocycles. The summed E-state index contributed by atoms with van der Waals surface area (Å²) in [6.07, 6.45) is -4.38. The third-order valence-corrected chi connectivity index (χ3v) is 3.20. The molecule has 118 valence electrons. The van der Waals surface area contributed by atoms with Crippen LogP contribution in [-0.4, -0.2) is 43.9 Å². The highest BCUT2D eigenvalue weighted by molar-refractivity contribution is 7.99. The Morgan fingerprint density at radius 3 is 2.43 bits per heavy atom. The van der Waals surface area contributed by atoms with E-state index in [-0.39, 0.29) is 5.75 Å². The molecule has 0 saturated heterocycles. The smallest absolute Gasteiger partial charge is 0.405 e. The van der Waals surface area contributed by atoms with Crippen LogP contribution in [0.5, 0.6) is 11.5 Å². The Hall–Kier alpha value is -1.57. The van der Waals surface area contributed by atoms with Crippen molar-refractivity contribution in [3.8, 4) is 11.5 Å². The van der Waals surface area contributed by atoms with Gasteiger partial charge in [-0.25, -0.2) is 0 Å². The third kappa shape index (κ3) is 8.34. The largest absolute Gasteiger partial charge is 0.497 e. The van der Waals surface area contributed by atoms with Crippen LogP contribution in [-0.2, 0) is 4.79 Å². The van der Waals surface area contributed by atoms with Crippen molar-refractivity contribution in [2.45, 2.75) is 6.18 Å². The number of amides is 1. The van der Waals surface area contributed by atoms with E-state index in [1.54, 1.807) is 36.7 Å². The molecule has 1 aromatic carbocycles. The number of ether oxygens (including phenoxy) is 2. The van der Waals surface area contributed by atoms with Crippen LogP contribution in [0.1, 0.15) is 0 Å². The van der Waals surface area contributed by atoms with Crippen LogP contribution < -0.4 is 14.8 Å². The van der Waals surface area contributed by atoms with Crippen molar-refractivity contribution in [1.29, 1.82) is 0 Å². The van der Waals surface area contributed by atoms with Gasteiger partial charge in [-0.2, -0.15) is 13.2 Å². The molecule has 4 nitrogen and oxygen atoms in total. The van der Waals surface area contributed by atoms with Crippen LogP contribution in [0.2, 0.25) is 0 Å². The van der Waals surface area contributed by atoms with E-state index in [1.807, 2.05) is 0 Å². The van der Waals surface area contributed by atoms with Crippen molar-refractivity contribution < 1.29 is 27.4 Å². The van der Waals surface area contributed by atoms with Gasteiger partial charge in [0.05, 0.1) is 19.5 Å². The minimum atomic E-state index is -4.38. The summed E-state index contributed by atoms with van der Waals surface area (Å²) in [5.41, 5.74) is 0. The van der Waals surface area contributed by atoms with E-state index >= 15 is 0 Å². The summed E-state index contributed by atoms with van der Waals surface area (Å²) < 4.78 is 46.0. The van der Waals surface area contributed by atoms with Gasteiger partial charge in [-0.1, -0.05) is 0 Å². The number of benzene rings is 1. The van der Waals surface area contributed by atoms with E-state index in [1.165, 1.54) is 11.8 Å². The van der Waals surface area contributed by atoms with E-state index in [4.69, 9.17) is 9.47 Å². The second-order valence-electron chi connectivity index (χ2n) is 3.97. The average molecular weight is 323 g/mol. The number of carbonyl (C=O) groups is 1. The maximum atomic E-state index is 11.9. The molecule has 0 atom stereocenters. The number of hydrogen-bond acceptors (Lipinski definition) is 4. The predicted molar refractivity (Wildman–Crippen MR) is 74.9 cm³/mol. The van der Waals surface area contributed by atoms with Crippen molar-refractivity contribution >= 4 is 17.7 Å². The lowest BCUT2D eigenvalue weighted by molar-refractivity contribution is -0.136. The summed E-state index contributed by atoms with van der Waals surface area (Å²) >= 11 is 1.21. The Morgan fingerprint density at radius 2 is 1.86 bits per heavy atom. The second kappa shape index (κ2) is 8.66. The number of carbonyl (C=O) groups excluding carboxylic acids is 1. The summed E-state index contributed by atoms with van der Waals surface area (Å²) in [5, 5.41) is 1.80. The summed E-state index contributed by atoms with van der Waals surface area (Å²) in [5.74, 6) is 1.23. The van der Waals surface area contributed by atoms with Gasteiger partial charge in [-0.05, 0) is 24.3 Å². The van der Waals surface area contributed by atoms with E-state index in [9.17, 15) is 18.0 Å². The normalized spacial score (nSPS) is 11.0. The maximum Gasteiger partial charge on any atom is 0.405 e. The zero-order chi connectivity index (χ0) is 15.7. The van der Waals surface area contributed by atoms with Crippen molar-refractivity contribution in [2.75, 3.05) is 31.8 Å². The van der Waals surface area contributed by atoms with Gasteiger partial charge in [0.25, 0.3) is 0 Å². The van der Waals surface area contributed by atoms with Crippen molar-refractivity contribution in [1.82, 2.24) is 5.32 Å². The first-order valence-electron chi connectivity index (χ1n) is 6.09. The third-order valence-electron chi connectivity index (χ3n) is 2.27. The molecule has 0 unspecified atom stereocenters. The topological polar surface area (TPSA) is 47.6 Å². The van der Waals surface area contributed by atoms with Gasteiger partial charge in [0.2, 0.25) is 5.91 Å². The minimum Gasteiger partial charge on any atom is -0.497 e. The highest BCUT2D eigenvalue weighted by Crippen LogP contribution is 2.17. The standard InChI is InChI=1S/C13H16F3NO3S/c1-19-10-2-4-11(5-3-10)20-6-7-21-8-12(18)17-9-13(14,15)16/h2-5H,6-9H2,1H3,(H,17,18). The zero-order valence-electron chi connectivity index (χ0n) is 11.4. The summed E-state index contributed by atoms with van der Waals surface area (Å²) in [7, 11) is 1.57. The number of alkyl halides is 3. The predicted octanol–water partition coefficient (Wildman–Crippen LogP) is 2.49. The number of thioether (sulfide) groups is 1. The van der Waals surface area contributed by atoms with Crippen molar-refractivity contribution in [2.24, 2.45) is 0 Å². The van der Waals surface area contributed by atoms with Crippen LogP contribution in [0.15, 0.2) is 24.3 Å². The van der Waals surface area contributed by atoms with Gasteiger partial charge < -0.3 is 14.8 Å². The SMILES string of the molecule is COc1ccc(OCCSCC(=O)NCC(F)(F)F)cc1. The van der Waals surface area contributed by atoms with Gasteiger partial charge in [-0.3, -0.25) is 4.79 Å². The van der Waals surface area contributed by atoms with Crippen LogP contribution in [0.3, 0.4) is 0 Å². The number of rotatable bonds is 8. The summed E-state index contributed by atoms with van der Waals surface area (Å²) in [6, 6.07) is 7.01. The molecule has 0 bridgehead atoms. The Labute approximate surface area is 125 Å². The fourth-order valence-electron chi connectivity index (χ4n) is 1.31. The van der Waals surface area contributed by atoms with E-state index in [0.717, 1.165) is 5.75 Å². The molecule has 0 radical (unpaired) electrons. The first-order chi connectivity index (χ1) is 9.90. The number of nitrogens with one attached hydrogen (secondary N) is 1. The molecular weight excluding hydrogens is 307 g/mol. The molecule has 1 rings (SSSR count). The van der Waals surface area contributed by atoms with Crippen LogP contribution in [0, 0.1) is 0 Å². The number of hydrogen-bond donors (Lipinski definition) is 1. The lowest BCUT2D eigenvalue weighted by Gasteiger charge is -2.09. The van der Waals surface area contributed by atoms with Crippen LogP contribution in [0.25, 0.3) is 0 Å². The van der Waals surface area contributed by atoms with Gasteiger partial charge in [-0.15, -0.1) is 11.8 Å². The second-order valence-corrected chi connectivity index (χ2v) is 5.07. The fourth-order valence-corrected chi connectivity index (χ4v) is 1.94. The van der Waals surface area contributed by atoms with Gasteiger partial charge in [0, 0.05) is 5.75 Å². The maximum absolute atomic E-state index is 11.9. The van der Waals surface area contributed by atoms with E-state index in [0.29, 0.717) is 18.1 Å². The molecular formula is C13H16F3NO3S. The molecule has 0 saturated carbocycles. The first kappa shape index (κ1) is 17.5. The monoisotopic (exact) mass is 323 g/mol. The number of halogens is 3. The average Bonchev–Trinajstić information content (AvgIpc) is 2.44. The van der Waals surface area contributed by atoms with E-state index < -0.39 is 18.6 Å². The lowest BCUT2D eigenvalue weighted by atomic mass is 10.3. The Bertz CT molecular complexity index is 437. The molecule has 0 spiro atoms. The molecule has 0 aliphatic carbocycles. The summed E-state index contributed by atoms with van der Waals surface area (Å²) in [4.78, 5) is 11.1. The highest BCUT2D eigenvalue weighted by atomic mass is 32.2.